The molecule has 1 saturated heterocycles. The lowest BCUT2D eigenvalue weighted by molar-refractivity contribution is 0.0975. The number of aliphatic imine (C=N–C) groups is 1. The lowest BCUT2D eigenvalue weighted by Gasteiger charge is -2.13. The molecule has 7 heteroatoms. The molecule has 0 radical (unpaired) electrons. The molecule has 1 fully saturated rings. The van der Waals surface area contributed by atoms with Gasteiger partial charge in [0.25, 0.3) is 5.91 Å². The van der Waals surface area contributed by atoms with E-state index in [0.717, 1.165) is 29.6 Å². The number of nitrogens with one attached hydrogen (secondary N) is 2. The van der Waals surface area contributed by atoms with Crippen LogP contribution in [0.2, 0.25) is 0 Å². The summed E-state index contributed by atoms with van der Waals surface area (Å²) in [4.78, 5) is 16.9. The molecule has 1 aliphatic heterocycles. The molecule has 2 aromatic carbocycles. The van der Waals surface area contributed by atoms with E-state index in [1.807, 2.05) is 24.3 Å². The van der Waals surface area contributed by atoms with E-state index in [-0.39, 0.29) is 11.7 Å². The number of rotatable bonds is 4. The summed E-state index contributed by atoms with van der Waals surface area (Å²) in [6.07, 6.45) is 2.03. The van der Waals surface area contributed by atoms with Gasteiger partial charge in [-0.15, -0.1) is 0 Å². The summed E-state index contributed by atoms with van der Waals surface area (Å²) in [6.45, 7) is 1.19. The van der Waals surface area contributed by atoms with Crippen LogP contribution >= 0.6 is 15.9 Å². The Morgan fingerprint density at radius 3 is 2.77 bits per heavy atom. The molecule has 0 saturated carbocycles. The van der Waals surface area contributed by atoms with Crippen molar-refractivity contribution in [3.05, 3.63) is 64.4 Å². The van der Waals surface area contributed by atoms with Gasteiger partial charge in [-0.1, -0.05) is 22.0 Å². The first-order valence-corrected chi connectivity index (χ1v) is 9.15. The van der Waals surface area contributed by atoms with Crippen molar-refractivity contribution in [1.29, 1.82) is 0 Å². The molecule has 1 heterocycles. The molecule has 136 valence electrons. The van der Waals surface area contributed by atoms with Gasteiger partial charge < -0.3 is 10.1 Å². The van der Waals surface area contributed by atoms with Crippen LogP contribution in [0.5, 0.6) is 0 Å². The second-order valence-electron chi connectivity index (χ2n) is 5.92. The summed E-state index contributed by atoms with van der Waals surface area (Å²) in [5.74, 6) is -0.589. The highest BCUT2D eigenvalue weighted by Crippen LogP contribution is 2.15. The van der Waals surface area contributed by atoms with Gasteiger partial charge in [0.05, 0.1) is 12.6 Å². The van der Waals surface area contributed by atoms with Crippen LogP contribution in [-0.2, 0) is 4.74 Å². The Labute approximate surface area is 159 Å². The van der Waals surface area contributed by atoms with Crippen LogP contribution in [0.25, 0.3) is 0 Å². The number of hydrogen-bond donors (Lipinski definition) is 2. The minimum Gasteiger partial charge on any atom is -0.376 e. The lowest BCUT2D eigenvalue weighted by Crippen LogP contribution is -2.36. The number of hydrogen-bond acceptors (Lipinski definition) is 3. The fraction of sp³-hybridized carbons (Fsp3) is 0.263. The van der Waals surface area contributed by atoms with Gasteiger partial charge in [-0.2, -0.15) is 0 Å². The highest BCUT2D eigenvalue weighted by Gasteiger charge is 2.16. The smallest absolute Gasteiger partial charge is 0.258 e. The maximum Gasteiger partial charge on any atom is 0.258 e. The molecule has 2 aromatic rings. The van der Waals surface area contributed by atoms with Gasteiger partial charge in [0.15, 0.2) is 0 Å². The maximum absolute atomic E-state index is 13.4. The van der Waals surface area contributed by atoms with Crippen molar-refractivity contribution in [2.24, 2.45) is 4.99 Å². The molecule has 5 nitrogen and oxygen atoms in total. The van der Waals surface area contributed by atoms with Crippen molar-refractivity contribution in [3.8, 4) is 0 Å². The van der Waals surface area contributed by atoms with E-state index >= 15 is 0 Å². The van der Waals surface area contributed by atoms with Gasteiger partial charge in [0.2, 0.25) is 5.96 Å². The molecule has 1 unspecified atom stereocenters. The molecule has 1 aliphatic rings. The fourth-order valence-corrected chi connectivity index (χ4v) is 2.84. The van der Waals surface area contributed by atoms with Crippen molar-refractivity contribution in [3.63, 3.8) is 0 Å². The van der Waals surface area contributed by atoms with Gasteiger partial charge in [-0.05, 0) is 55.3 Å². The number of anilines is 1. The second-order valence-corrected chi connectivity index (χ2v) is 6.84. The Hall–Kier alpha value is -2.25. The van der Waals surface area contributed by atoms with E-state index in [9.17, 15) is 9.18 Å². The molecular formula is C19H19BrFN3O2. The molecule has 0 aromatic heterocycles. The normalized spacial score (nSPS) is 17.2. The van der Waals surface area contributed by atoms with E-state index < -0.39 is 11.7 Å². The SMILES string of the molecule is O=C(NC(=NCC1CCCO1)Nc1ccc(Br)cc1)c1cccc(F)c1. The summed E-state index contributed by atoms with van der Waals surface area (Å²) in [6, 6.07) is 13.0. The summed E-state index contributed by atoms with van der Waals surface area (Å²) in [7, 11) is 0. The molecule has 2 N–H and O–H groups in total. The van der Waals surface area contributed by atoms with Crippen LogP contribution in [-0.4, -0.2) is 31.1 Å². The number of benzene rings is 2. The average molecular weight is 420 g/mol. The lowest BCUT2D eigenvalue weighted by atomic mass is 10.2. The first kappa shape index (κ1) is 18.5. The van der Waals surface area contributed by atoms with E-state index in [4.69, 9.17) is 4.74 Å². The Morgan fingerprint density at radius 2 is 2.08 bits per heavy atom. The van der Waals surface area contributed by atoms with Crippen molar-refractivity contribution in [1.82, 2.24) is 5.32 Å². The van der Waals surface area contributed by atoms with Gasteiger partial charge in [0, 0.05) is 22.3 Å². The van der Waals surface area contributed by atoms with Crippen LogP contribution in [0.4, 0.5) is 10.1 Å². The quantitative estimate of drug-likeness (QED) is 0.582. The van der Waals surface area contributed by atoms with Crippen molar-refractivity contribution < 1.29 is 13.9 Å². The Kier molecular flexibility index (Phi) is 6.35. The number of guanidine groups is 1. The Morgan fingerprint density at radius 1 is 1.27 bits per heavy atom. The zero-order valence-corrected chi connectivity index (χ0v) is 15.6. The molecular weight excluding hydrogens is 401 g/mol. The topological polar surface area (TPSA) is 62.7 Å². The first-order valence-electron chi connectivity index (χ1n) is 8.36. The number of nitrogens with zero attached hydrogens (tertiary/aromatic N) is 1. The third-order valence-electron chi connectivity index (χ3n) is 3.90. The number of amides is 1. The largest absolute Gasteiger partial charge is 0.376 e. The maximum atomic E-state index is 13.4. The molecule has 3 rings (SSSR count). The van der Waals surface area contributed by atoms with E-state index in [0.29, 0.717) is 12.5 Å². The Bertz CT molecular complexity index is 790. The van der Waals surface area contributed by atoms with Crippen LogP contribution in [0, 0.1) is 5.82 Å². The van der Waals surface area contributed by atoms with Crippen LogP contribution in [0.3, 0.4) is 0 Å². The number of halogens is 2. The minimum atomic E-state index is -0.462. The molecule has 1 amide bonds. The average Bonchev–Trinajstić information content (AvgIpc) is 3.15. The van der Waals surface area contributed by atoms with Gasteiger partial charge in [-0.25, -0.2) is 9.38 Å². The third-order valence-corrected chi connectivity index (χ3v) is 4.43. The fourth-order valence-electron chi connectivity index (χ4n) is 2.57. The molecule has 1 atom stereocenters. The van der Waals surface area contributed by atoms with E-state index in [2.05, 4.69) is 31.6 Å². The number of carbonyl (C=O) groups is 1. The van der Waals surface area contributed by atoms with Crippen LogP contribution in [0.1, 0.15) is 23.2 Å². The van der Waals surface area contributed by atoms with Gasteiger partial charge in [-0.3, -0.25) is 10.1 Å². The highest BCUT2D eigenvalue weighted by atomic mass is 79.9. The minimum absolute atomic E-state index is 0.0581. The van der Waals surface area contributed by atoms with Gasteiger partial charge in [0.1, 0.15) is 5.82 Å². The van der Waals surface area contributed by atoms with Crippen LogP contribution < -0.4 is 10.6 Å². The summed E-state index contributed by atoms with van der Waals surface area (Å²) in [5, 5.41) is 5.81. The molecule has 0 bridgehead atoms. The first-order chi connectivity index (χ1) is 12.6. The predicted octanol–water partition coefficient (Wildman–Crippen LogP) is 3.97. The third kappa shape index (κ3) is 5.37. The summed E-state index contributed by atoms with van der Waals surface area (Å²) >= 11 is 3.38. The zero-order chi connectivity index (χ0) is 18.4. The summed E-state index contributed by atoms with van der Waals surface area (Å²) in [5.41, 5.74) is 1.01. The second kappa shape index (κ2) is 8.91. The van der Waals surface area contributed by atoms with E-state index in [1.165, 1.54) is 18.2 Å². The van der Waals surface area contributed by atoms with Gasteiger partial charge >= 0.3 is 0 Å². The molecule has 0 spiro atoms. The highest BCUT2D eigenvalue weighted by molar-refractivity contribution is 9.10. The van der Waals surface area contributed by atoms with Crippen LogP contribution in [0.15, 0.2) is 58.0 Å². The standard InChI is InChI=1S/C19H19BrFN3O2/c20-14-6-8-16(9-7-14)23-19(22-12-17-5-2-10-26-17)24-18(25)13-3-1-4-15(21)11-13/h1,3-4,6-9,11,17H,2,5,10,12H2,(H2,22,23,24,25). The zero-order valence-electron chi connectivity index (χ0n) is 14.0. The van der Waals surface area contributed by atoms with Crippen molar-refractivity contribution in [2.75, 3.05) is 18.5 Å². The van der Waals surface area contributed by atoms with Crippen molar-refractivity contribution in [2.45, 2.75) is 18.9 Å². The number of ether oxygens (including phenoxy) is 1. The van der Waals surface area contributed by atoms with Crippen molar-refractivity contribution >= 4 is 33.5 Å². The molecule has 26 heavy (non-hydrogen) atoms. The Balaban J connectivity index is 1.73. The monoisotopic (exact) mass is 419 g/mol. The summed E-state index contributed by atoms with van der Waals surface area (Å²) < 4.78 is 19.9. The predicted molar refractivity (Wildman–Crippen MR) is 103 cm³/mol. The number of carbonyl (C=O) groups excluding carboxylic acids is 1. The van der Waals surface area contributed by atoms with E-state index in [1.54, 1.807) is 6.07 Å². The molecule has 0 aliphatic carbocycles.